The van der Waals surface area contributed by atoms with Crippen LogP contribution in [0, 0.1) is 10.1 Å². The molecule has 0 amide bonds. The van der Waals surface area contributed by atoms with Crippen molar-refractivity contribution >= 4 is 23.6 Å². The maximum Gasteiger partial charge on any atom is 0.277 e. The van der Waals surface area contributed by atoms with Crippen LogP contribution in [-0.4, -0.2) is 11.2 Å². The van der Waals surface area contributed by atoms with Crippen LogP contribution < -0.4 is 0 Å². The number of nitrogens with zero attached hydrogens (tertiary/aromatic N) is 1. The summed E-state index contributed by atoms with van der Waals surface area (Å²) in [4.78, 5) is 21.7. The van der Waals surface area contributed by atoms with Gasteiger partial charge in [0.25, 0.3) is 5.69 Å². The highest BCUT2D eigenvalue weighted by Crippen LogP contribution is 2.25. The van der Waals surface area contributed by atoms with Gasteiger partial charge in [-0.25, -0.2) is 0 Å². The Balaban J connectivity index is 2.52. The second kappa shape index (κ2) is 5.73. The van der Waals surface area contributed by atoms with Crippen LogP contribution in [0.4, 0.5) is 5.69 Å². The number of hydrogen-bond donors (Lipinski definition) is 0. The predicted octanol–water partition coefficient (Wildman–Crippen LogP) is 3.33. The molecule has 0 aliphatic carbocycles. The van der Waals surface area contributed by atoms with Gasteiger partial charge in [0.15, 0.2) is 6.29 Å². The zero-order valence-corrected chi connectivity index (χ0v) is 10.0. The summed E-state index contributed by atoms with van der Waals surface area (Å²) >= 11 is 0. The monoisotopic (exact) mass is 253 g/mol. The Morgan fingerprint density at radius 3 is 2.26 bits per heavy atom. The average molecular weight is 253 g/mol. The Morgan fingerprint density at radius 1 is 1.00 bits per heavy atom. The van der Waals surface area contributed by atoms with Crippen molar-refractivity contribution < 1.29 is 9.72 Å². The van der Waals surface area contributed by atoms with Crippen LogP contribution in [0.25, 0.3) is 11.6 Å². The molecule has 94 valence electrons. The average Bonchev–Trinajstić information content (AvgIpc) is 2.46. The fourth-order valence-electron chi connectivity index (χ4n) is 1.78. The molecule has 2 rings (SSSR count). The number of rotatable bonds is 4. The van der Waals surface area contributed by atoms with Gasteiger partial charge in [-0.1, -0.05) is 42.5 Å². The molecule has 4 heteroatoms. The molecule has 0 spiro atoms. The maximum atomic E-state index is 11.2. The van der Waals surface area contributed by atoms with Gasteiger partial charge in [0.05, 0.1) is 10.5 Å². The molecule has 0 fully saturated rings. The molecule has 0 atom stereocenters. The first-order valence-electron chi connectivity index (χ1n) is 5.68. The Morgan fingerprint density at radius 2 is 1.63 bits per heavy atom. The highest BCUT2D eigenvalue weighted by atomic mass is 16.6. The molecule has 0 heterocycles. The van der Waals surface area contributed by atoms with Gasteiger partial charge in [-0.05, 0) is 17.7 Å². The standard InChI is InChI=1S/C15H11NO3/c17-11-13(10-12-6-2-1-3-7-12)14-8-4-5-9-15(14)16(18)19/h1-11H. The molecule has 0 aliphatic rings. The molecule has 0 saturated carbocycles. The summed E-state index contributed by atoms with van der Waals surface area (Å²) < 4.78 is 0. The third-order valence-electron chi connectivity index (χ3n) is 2.66. The largest absolute Gasteiger partial charge is 0.298 e. The van der Waals surface area contributed by atoms with Gasteiger partial charge in [-0.15, -0.1) is 0 Å². The first-order chi connectivity index (χ1) is 9.22. The molecular weight excluding hydrogens is 242 g/mol. The highest BCUT2D eigenvalue weighted by Gasteiger charge is 2.15. The van der Waals surface area contributed by atoms with Gasteiger partial charge < -0.3 is 0 Å². The molecule has 0 bridgehead atoms. The number of carbonyl (C=O) groups excluding carboxylic acids is 1. The summed E-state index contributed by atoms with van der Waals surface area (Å²) in [7, 11) is 0. The molecule has 2 aromatic carbocycles. The lowest BCUT2D eigenvalue weighted by Crippen LogP contribution is -1.95. The van der Waals surface area contributed by atoms with Gasteiger partial charge in [-0.2, -0.15) is 0 Å². The van der Waals surface area contributed by atoms with Crippen LogP contribution in [0.5, 0.6) is 0 Å². The van der Waals surface area contributed by atoms with Crippen molar-refractivity contribution in [3.8, 4) is 0 Å². The number of para-hydroxylation sites is 1. The highest BCUT2D eigenvalue weighted by molar-refractivity contribution is 6.14. The van der Waals surface area contributed by atoms with Crippen molar-refractivity contribution in [2.24, 2.45) is 0 Å². The van der Waals surface area contributed by atoms with Gasteiger partial charge >= 0.3 is 0 Å². The summed E-state index contributed by atoms with van der Waals surface area (Å²) in [5.41, 5.74) is 1.37. The minimum absolute atomic E-state index is 0.0724. The van der Waals surface area contributed by atoms with E-state index in [1.165, 1.54) is 6.07 Å². The number of allylic oxidation sites excluding steroid dienone is 1. The topological polar surface area (TPSA) is 60.2 Å². The van der Waals surface area contributed by atoms with Gasteiger partial charge in [0.1, 0.15) is 0 Å². The van der Waals surface area contributed by atoms with E-state index in [1.807, 2.05) is 30.3 Å². The molecule has 0 unspecified atom stereocenters. The molecule has 4 nitrogen and oxygen atoms in total. The molecular formula is C15H11NO3. The minimum atomic E-state index is -0.488. The maximum absolute atomic E-state index is 11.2. The van der Waals surface area contributed by atoms with Gasteiger partial charge in [0.2, 0.25) is 0 Å². The summed E-state index contributed by atoms with van der Waals surface area (Å²) in [6, 6.07) is 15.4. The molecule has 2 aromatic rings. The Bertz CT molecular complexity index is 633. The van der Waals surface area contributed by atoms with Crippen molar-refractivity contribution in [3.05, 3.63) is 75.8 Å². The van der Waals surface area contributed by atoms with E-state index in [0.717, 1.165) is 5.56 Å². The lowest BCUT2D eigenvalue weighted by Gasteiger charge is -2.02. The fraction of sp³-hybridized carbons (Fsp3) is 0. The third-order valence-corrected chi connectivity index (χ3v) is 2.66. The van der Waals surface area contributed by atoms with Crippen LogP contribution in [0.2, 0.25) is 0 Å². The number of nitro benzene ring substituents is 1. The first-order valence-corrected chi connectivity index (χ1v) is 5.68. The van der Waals surface area contributed by atoms with Gasteiger partial charge in [-0.3, -0.25) is 14.9 Å². The van der Waals surface area contributed by atoms with Crippen molar-refractivity contribution in [2.75, 3.05) is 0 Å². The summed E-state index contributed by atoms with van der Waals surface area (Å²) in [5.74, 6) is 0. The van der Waals surface area contributed by atoms with E-state index in [1.54, 1.807) is 24.3 Å². The molecule has 0 aliphatic heterocycles. The second-order valence-electron chi connectivity index (χ2n) is 3.90. The van der Waals surface area contributed by atoms with Crippen LogP contribution in [-0.2, 0) is 4.79 Å². The number of hydrogen-bond acceptors (Lipinski definition) is 3. The van der Waals surface area contributed by atoms with Crippen LogP contribution in [0.1, 0.15) is 11.1 Å². The van der Waals surface area contributed by atoms with E-state index in [0.29, 0.717) is 17.4 Å². The van der Waals surface area contributed by atoms with Crippen molar-refractivity contribution in [1.29, 1.82) is 0 Å². The zero-order chi connectivity index (χ0) is 13.7. The van der Waals surface area contributed by atoms with Crippen LogP contribution in [0.3, 0.4) is 0 Å². The van der Waals surface area contributed by atoms with Gasteiger partial charge in [0, 0.05) is 11.6 Å². The van der Waals surface area contributed by atoms with Crippen LogP contribution >= 0.6 is 0 Å². The Kier molecular flexibility index (Phi) is 3.83. The van der Waals surface area contributed by atoms with E-state index in [-0.39, 0.29) is 5.69 Å². The molecule has 0 radical (unpaired) electrons. The zero-order valence-electron chi connectivity index (χ0n) is 10.0. The number of benzene rings is 2. The summed E-state index contributed by atoms with van der Waals surface area (Å²) in [6.07, 6.45) is 2.27. The van der Waals surface area contributed by atoms with Crippen molar-refractivity contribution in [2.45, 2.75) is 0 Å². The van der Waals surface area contributed by atoms with E-state index >= 15 is 0 Å². The van der Waals surface area contributed by atoms with Crippen molar-refractivity contribution in [3.63, 3.8) is 0 Å². The second-order valence-corrected chi connectivity index (χ2v) is 3.90. The smallest absolute Gasteiger partial charge is 0.277 e. The summed E-state index contributed by atoms with van der Waals surface area (Å²) in [6.45, 7) is 0. The van der Waals surface area contributed by atoms with E-state index in [4.69, 9.17) is 0 Å². The molecule has 0 aromatic heterocycles. The molecule has 19 heavy (non-hydrogen) atoms. The SMILES string of the molecule is O=CC(=Cc1ccccc1)c1ccccc1[N+](=O)[O-]. The molecule has 0 saturated heterocycles. The van der Waals surface area contributed by atoms with E-state index in [2.05, 4.69) is 0 Å². The van der Waals surface area contributed by atoms with Crippen LogP contribution in [0.15, 0.2) is 54.6 Å². The summed E-state index contributed by atoms with van der Waals surface area (Å²) in [5, 5.41) is 11.0. The van der Waals surface area contributed by atoms with E-state index in [9.17, 15) is 14.9 Å². The quantitative estimate of drug-likeness (QED) is 0.276. The van der Waals surface area contributed by atoms with E-state index < -0.39 is 4.92 Å². The Hall–Kier alpha value is -2.75. The lowest BCUT2D eigenvalue weighted by molar-refractivity contribution is -0.385. The normalized spacial score (nSPS) is 11.1. The molecule has 0 N–H and O–H groups in total. The fourth-order valence-corrected chi connectivity index (χ4v) is 1.78. The number of nitro groups is 1. The van der Waals surface area contributed by atoms with Crippen molar-refractivity contribution in [1.82, 2.24) is 0 Å². The lowest BCUT2D eigenvalue weighted by atomic mass is 10.0. The first kappa shape index (κ1) is 12.7. The minimum Gasteiger partial charge on any atom is -0.298 e. The third kappa shape index (κ3) is 2.93. The number of carbonyl (C=O) groups is 1. The number of aldehydes is 1. The Labute approximate surface area is 110 Å². The predicted molar refractivity (Wildman–Crippen MR) is 73.5 cm³/mol.